The second-order valence-corrected chi connectivity index (χ2v) is 4.51. The van der Waals surface area contributed by atoms with Crippen LogP contribution in [0.5, 0.6) is 0 Å². The number of benzene rings is 1. The number of halogens is 2. The molecule has 0 aromatic heterocycles. The molecule has 4 nitrogen and oxygen atoms in total. The summed E-state index contributed by atoms with van der Waals surface area (Å²) in [4.78, 5) is 22.3. The molecule has 1 aromatic rings. The van der Waals surface area contributed by atoms with Crippen molar-refractivity contribution in [3.8, 4) is 0 Å². The first-order chi connectivity index (χ1) is 8.02. The molecule has 1 amide bonds. The fourth-order valence-electron chi connectivity index (χ4n) is 1.03. The van der Waals surface area contributed by atoms with Crippen molar-refractivity contribution in [2.24, 2.45) is 0 Å². The van der Waals surface area contributed by atoms with Crippen LogP contribution >= 0.6 is 27.5 Å². The largest absolute Gasteiger partial charge is 0.456 e. The van der Waals surface area contributed by atoms with E-state index in [-0.39, 0.29) is 13.0 Å². The molecule has 0 aliphatic rings. The Hall–Kier alpha value is -1.07. The molecule has 1 N–H and O–H groups in total. The summed E-state index contributed by atoms with van der Waals surface area (Å²) in [7, 11) is 0. The molecule has 1 rings (SSSR count). The highest BCUT2D eigenvalue weighted by Crippen LogP contribution is 2.25. The summed E-state index contributed by atoms with van der Waals surface area (Å²) in [6.45, 7) is 1.35. The maximum Gasteiger partial charge on any atom is 0.306 e. The highest BCUT2D eigenvalue weighted by Gasteiger charge is 2.08. The third-order valence-corrected chi connectivity index (χ3v) is 2.66. The zero-order valence-electron chi connectivity index (χ0n) is 9.13. The van der Waals surface area contributed by atoms with Crippen molar-refractivity contribution in [1.82, 2.24) is 0 Å². The first kappa shape index (κ1) is 14.0. The normalized spacial score (nSPS) is 9.82. The van der Waals surface area contributed by atoms with Crippen LogP contribution in [0, 0.1) is 0 Å². The van der Waals surface area contributed by atoms with E-state index in [0.717, 1.165) is 4.47 Å². The van der Waals surface area contributed by atoms with Crippen molar-refractivity contribution in [2.45, 2.75) is 13.3 Å². The molecule has 0 unspecified atom stereocenters. The number of nitrogens with one attached hydrogen (secondary N) is 1. The van der Waals surface area contributed by atoms with Crippen LogP contribution in [0.4, 0.5) is 5.69 Å². The monoisotopic (exact) mass is 319 g/mol. The molecule has 0 spiro atoms. The molecule has 0 saturated heterocycles. The molecule has 0 fully saturated rings. The number of carbonyl (C=O) groups excluding carboxylic acids is 2. The SMILES string of the molecule is CCC(=O)OCC(=O)Nc1ccc(Br)cc1Cl. The molecule has 0 radical (unpaired) electrons. The Bertz CT molecular complexity index is 437. The van der Waals surface area contributed by atoms with Crippen LogP contribution in [0.25, 0.3) is 0 Å². The Labute approximate surface area is 112 Å². The third-order valence-electron chi connectivity index (χ3n) is 1.86. The predicted molar refractivity (Wildman–Crippen MR) is 69.0 cm³/mol. The lowest BCUT2D eigenvalue weighted by Crippen LogP contribution is -2.20. The number of anilines is 1. The van der Waals surface area contributed by atoms with E-state index in [9.17, 15) is 9.59 Å². The Balaban J connectivity index is 2.53. The summed E-state index contributed by atoms with van der Waals surface area (Å²) in [5.74, 6) is -0.835. The van der Waals surface area contributed by atoms with E-state index in [2.05, 4.69) is 26.0 Å². The fourth-order valence-corrected chi connectivity index (χ4v) is 1.75. The molecule has 0 bridgehead atoms. The van der Waals surface area contributed by atoms with Gasteiger partial charge in [0.2, 0.25) is 0 Å². The molecule has 1 aromatic carbocycles. The minimum Gasteiger partial charge on any atom is -0.456 e. The number of hydrogen-bond donors (Lipinski definition) is 1. The minimum atomic E-state index is -0.420. The van der Waals surface area contributed by atoms with Crippen molar-refractivity contribution in [3.63, 3.8) is 0 Å². The molecular weight excluding hydrogens is 309 g/mol. The van der Waals surface area contributed by atoms with Gasteiger partial charge in [0.1, 0.15) is 0 Å². The van der Waals surface area contributed by atoms with Gasteiger partial charge in [0.15, 0.2) is 6.61 Å². The van der Waals surface area contributed by atoms with Gasteiger partial charge >= 0.3 is 5.97 Å². The van der Waals surface area contributed by atoms with Crippen LogP contribution in [0.15, 0.2) is 22.7 Å². The average Bonchev–Trinajstić information content (AvgIpc) is 2.29. The Kier molecular flexibility index (Phi) is 5.44. The van der Waals surface area contributed by atoms with E-state index < -0.39 is 11.9 Å². The summed E-state index contributed by atoms with van der Waals surface area (Å²) in [6.07, 6.45) is 0.242. The van der Waals surface area contributed by atoms with Crippen molar-refractivity contribution >= 4 is 45.1 Å². The zero-order valence-corrected chi connectivity index (χ0v) is 11.5. The topological polar surface area (TPSA) is 55.4 Å². The van der Waals surface area contributed by atoms with E-state index in [1.54, 1.807) is 25.1 Å². The van der Waals surface area contributed by atoms with Crippen molar-refractivity contribution in [2.75, 3.05) is 11.9 Å². The van der Waals surface area contributed by atoms with Crippen molar-refractivity contribution < 1.29 is 14.3 Å². The Morgan fingerprint density at radius 2 is 2.18 bits per heavy atom. The lowest BCUT2D eigenvalue weighted by molar-refractivity contribution is -0.146. The number of amides is 1. The molecule has 0 aliphatic heterocycles. The first-order valence-electron chi connectivity index (χ1n) is 4.93. The quantitative estimate of drug-likeness (QED) is 0.868. The van der Waals surface area contributed by atoms with Gasteiger partial charge in [-0.2, -0.15) is 0 Å². The molecule has 6 heteroatoms. The van der Waals surface area contributed by atoms with Gasteiger partial charge in [0.25, 0.3) is 5.91 Å². The zero-order chi connectivity index (χ0) is 12.8. The highest BCUT2D eigenvalue weighted by atomic mass is 79.9. The predicted octanol–water partition coefficient (Wildman–Crippen LogP) is 2.99. The van der Waals surface area contributed by atoms with Gasteiger partial charge in [-0.05, 0) is 18.2 Å². The number of hydrogen-bond acceptors (Lipinski definition) is 3. The summed E-state index contributed by atoms with van der Waals surface area (Å²) in [6, 6.07) is 5.07. The van der Waals surface area contributed by atoms with Gasteiger partial charge in [-0.1, -0.05) is 34.5 Å². The molecule has 0 saturated carbocycles. The van der Waals surface area contributed by atoms with Crippen LogP contribution in [0.3, 0.4) is 0 Å². The van der Waals surface area contributed by atoms with E-state index >= 15 is 0 Å². The van der Waals surface area contributed by atoms with Crippen molar-refractivity contribution in [3.05, 3.63) is 27.7 Å². The lowest BCUT2D eigenvalue weighted by atomic mass is 10.3. The third kappa shape index (κ3) is 4.75. The highest BCUT2D eigenvalue weighted by molar-refractivity contribution is 9.10. The van der Waals surface area contributed by atoms with Gasteiger partial charge in [0, 0.05) is 10.9 Å². The summed E-state index contributed by atoms with van der Waals surface area (Å²) in [5.41, 5.74) is 0.479. The maximum atomic E-state index is 11.4. The summed E-state index contributed by atoms with van der Waals surface area (Å²) < 4.78 is 5.50. The number of ether oxygens (including phenoxy) is 1. The lowest BCUT2D eigenvalue weighted by Gasteiger charge is -2.07. The average molecular weight is 321 g/mol. The van der Waals surface area contributed by atoms with Gasteiger partial charge < -0.3 is 10.1 Å². The van der Waals surface area contributed by atoms with Gasteiger partial charge in [-0.25, -0.2) is 0 Å². The van der Waals surface area contributed by atoms with E-state index in [4.69, 9.17) is 11.6 Å². The van der Waals surface area contributed by atoms with Gasteiger partial charge in [0.05, 0.1) is 10.7 Å². The maximum absolute atomic E-state index is 11.4. The van der Waals surface area contributed by atoms with Crippen LogP contribution in [0.2, 0.25) is 5.02 Å². The van der Waals surface area contributed by atoms with E-state index in [1.165, 1.54) is 0 Å². The smallest absolute Gasteiger partial charge is 0.306 e. The number of rotatable bonds is 4. The van der Waals surface area contributed by atoms with Crippen LogP contribution in [-0.4, -0.2) is 18.5 Å². The second kappa shape index (κ2) is 6.61. The van der Waals surface area contributed by atoms with E-state index in [1.807, 2.05) is 0 Å². The van der Waals surface area contributed by atoms with Crippen molar-refractivity contribution in [1.29, 1.82) is 0 Å². The minimum absolute atomic E-state index is 0.242. The fraction of sp³-hybridized carbons (Fsp3) is 0.273. The number of carbonyl (C=O) groups is 2. The van der Waals surface area contributed by atoms with E-state index in [0.29, 0.717) is 10.7 Å². The molecule has 0 aliphatic carbocycles. The molecule has 92 valence electrons. The number of esters is 1. The Morgan fingerprint density at radius 3 is 2.76 bits per heavy atom. The second-order valence-electron chi connectivity index (χ2n) is 3.19. The standard InChI is InChI=1S/C11H11BrClNO3/c1-2-11(16)17-6-10(15)14-9-4-3-7(12)5-8(9)13/h3-5H,2,6H2,1H3,(H,14,15). The Morgan fingerprint density at radius 1 is 1.47 bits per heavy atom. The van der Waals surface area contributed by atoms with Crippen LogP contribution < -0.4 is 5.32 Å². The molecule has 0 atom stereocenters. The van der Waals surface area contributed by atoms with Gasteiger partial charge in [-0.3, -0.25) is 9.59 Å². The van der Waals surface area contributed by atoms with Crippen LogP contribution in [-0.2, 0) is 14.3 Å². The first-order valence-corrected chi connectivity index (χ1v) is 6.10. The van der Waals surface area contributed by atoms with Crippen LogP contribution in [0.1, 0.15) is 13.3 Å². The summed E-state index contributed by atoms with van der Waals surface area (Å²) in [5, 5.41) is 2.96. The molecule has 17 heavy (non-hydrogen) atoms. The molecular formula is C11H11BrClNO3. The summed E-state index contributed by atoms with van der Waals surface area (Å²) >= 11 is 9.17. The van der Waals surface area contributed by atoms with Gasteiger partial charge in [-0.15, -0.1) is 0 Å². The molecule has 0 heterocycles.